The number of Topliss-reactive ketones (excluding diaryl/α,β-unsaturated/α-hetero) is 1. The molecule has 1 N–H and O–H groups in total. The summed E-state index contributed by atoms with van der Waals surface area (Å²) >= 11 is 5.95. The van der Waals surface area contributed by atoms with Crippen LogP contribution < -0.4 is 5.32 Å². The number of carbonyl (C=O) groups excluding carboxylic acids is 3. The summed E-state index contributed by atoms with van der Waals surface area (Å²) in [5, 5.41) is 2.31. The third-order valence-electron chi connectivity index (χ3n) is 5.50. The fourth-order valence-electron chi connectivity index (χ4n) is 4.05. The zero-order valence-corrected chi connectivity index (χ0v) is 16.8. The molecule has 0 unspecified atom stereocenters. The fourth-order valence-corrected chi connectivity index (χ4v) is 4.22. The van der Waals surface area contributed by atoms with Crippen molar-refractivity contribution in [2.45, 2.75) is 24.7 Å². The SMILES string of the molecule is O=C1CN(C(=O)c2ccccc2)[C@@H]2CCN(C(=O)Nc3cc(C(F)(F)F)ccc3Cl)[C@H]12. The number of nitrogens with one attached hydrogen (secondary N) is 1. The van der Waals surface area contributed by atoms with Crippen molar-refractivity contribution in [2.75, 3.05) is 18.4 Å². The van der Waals surface area contributed by atoms with Crippen LogP contribution in [0.3, 0.4) is 0 Å². The van der Waals surface area contributed by atoms with Crippen LogP contribution in [0.5, 0.6) is 0 Å². The highest BCUT2D eigenvalue weighted by atomic mass is 35.5. The highest BCUT2D eigenvalue weighted by Crippen LogP contribution is 2.35. The normalized spacial score (nSPS) is 20.7. The minimum absolute atomic E-state index is 0.0595. The van der Waals surface area contributed by atoms with Gasteiger partial charge in [-0.2, -0.15) is 13.2 Å². The number of halogens is 4. The molecule has 6 nitrogen and oxygen atoms in total. The van der Waals surface area contributed by atoms with Crippen LogP contribution in [0.25, 0.3) is 0 Å². The smallest absolute Gasteiger partial charge is 0.326 e. The first kappa shape index (κ1) is 21.2. The molecule has 0 aliphatic carbocycles. The van der Waals surface area contributed by atoms with Crippen molar-refractivity contribution in [3.05, 3.63) is 64.7 Å². The molecule has 2 fully saturated rings. The Labute approximate surface area is 180 Å². The van der Waals surface area contributed by atoms with Gasteiger partial charge >= 0.3 is 12.2 Å². The van der Waals surface area contributed by atoms with Crippen molar-refractivity contribution in [2.24, 2.45) is 0 Å². The number of amides is 3. The van der Waals surface area contributed by atoms with E-state index in [1.54, 1.807) is 30.3 Å². The van der Waals surface area contributed by atoms with Crippen LogP contribution in [-0.4, -0.2) is 52.7 Å². The summed E-state index contributed by atoms with van der Waals surface area (Å²) in [5.74, 6) is -0.596. The molecule has 0 saturated carbocycles. The van der Waals surface area contributed by atoms with Gasteiger partial charge in [0.2, 0.25) is 0 Å². The minimum Gasteiger partial charge on any atom is -0.326 e. The van der Waals surface area contributed by atoms with Crippen LogP contribution in [0.15, 0.2) is 48.5 Å². The van der Waals surface area contributed by atoms with Gasteiger partial charge in [-0.1, -0.05) is 29.8 Å². The average molecular weight is 452 g/mol. The Hall–Kier alpha value is -3.07. The number of hydrogen-bond donors (Lipinski definition) is 1. The van der Waals surface area contributed by atoms with Gasteiger partial charge in [0.05, 0.1) is 28.9 Å². The number of rotatable bonds is 2. The Morgan fingerprint density at radius 2 is 1.77 bits per heavy atom. The van der Waals surface area contributed by atoms with E-state index in [0.717, 1.165) is 18.2 Å². The molecule has 162 valence electrons. The van der Waals surface area contributed by atoms with E-state index >= 15 is 0 Å². The van der Waals surface area contributed by atoms with Crippen LogP contribution >= 0.6 is 11.6 Å². The van der Waals surface area contributed by atoms with E-state index in [0.29, 0.717) is 12.0 Å². The first-order chi connectivity index (χ1) is 14.7. The summed E-state index contributed by atoms with van der Waals surface area (Å²) in [6.45, 7) is 0.0548. The second kappa shape index (κ2) is 7.88. The predicted molar refractivity (Wildman–Crippen MR) is 107 cm³/mol. The van der Waals surface area contributed by atoms with E-state index in [1.165, 1.54) is 9.80 Å². The van der Waals surface area contributed by atoms with Crippen LogP contribution in [-0.2, 0) is 11.0 Å². The quantitative estimate of drug-likeness (QED) is 0.748. The van der Waals surface area contributed by atoms with E-state index in [4.69, 9.17) is 11.6 Å². The fraction of sp³-hybridized carbons (Fsp3) is 0.286. The van der Waals surface area contributed by atoms with E-state index in [-0.39, 0.29) is 35.5 Å². The minimum atomic E-state index is -4.59. The van der Waals surface area contributed by atoms with Gasteiger partial charge in [-0.25, -0.2) is 4.79 Å². The lowest BCUT2D eigenvalue weighted by molar-refractivity contribution is -0.137. The maximum Gasteiger partial charge on any atom is 0.416 e. The summed E-state index contributed by atoms with van der Waals surface area (Å²) in [6.07, 6.45) is -4.21. The van der Waals surface area contributed by atoms with E-state index < -0.39 is 29.9 Å². The van der Waals surface area contributed by atoms with E-state index in [9.17, 15) is 27.6 Å². The number of ketones is 1. The van der Waals surface area contributed by atoms with Crippen molar-refractivity contribution >= 4 is 35.0 Å². The first-order valence-electron chi connectivity index (χ1n) is 9.50. The van der Waals surface area contributed by atoms with Gasteiger partial charge in [-0.05, 0) is 36.8 Å². The molecule has 0 radical (unpaired) electrons. The second-order valence-corrected chi connectivity index (χ2v) is 7.79. The van der Waals surface area contributed by atoms with Crippen molar-refractivity contribution in [1.29, 1.82) is 0 Å². The Morgan fingerprint density at radius 3 is 2.45 bits per heavy atom. The van der Waals surface area contributed by atoms with E-state index in [1.807, 2.05) is 0 Å². The van der Waals surface area contributed by atoms with E-state index in [2.05, 4.69) is 5.32 Å². The number of carbonyl (C=O) groups is 3. The number of likely N-dealkylation sites (tertiary alicyclic amines) is 2. The lowest BCUT2D eigenvalue weighted by Gasteiger charge is -2.25. The second-order valence-electron chi connectivity index (χ2n) is 7.38. The summed E-state index contributed by atoms with van der Waals surface area (Å²) in [7, 11) is 0. The van der Waals surface area contributed by atoms with Crippen molar-refractivity contribution < 1.29 is 27.6 Å². The molecule has 2 aliphatic heterocycles. The summed E-state index contributed by atoms with van der Waals surface area (Å²) in [6, 6.07) is 9.04. The van der Waals surface area contributed by atoms with Crippen molar-refractivity contribution in [3.8, 4) is 0 Å². The molecule has 2 heterocycles. The van der Waals surface area contributed by atoms with Gasteiger partial charge in [0.15, 0.2) is 5.78 Å². The number of hydrogen-bond acceptors (Lipinski definition) is 3. The lowest BCUT2D eigenvalue weighted by Crippen LogP contribution is -2.45. The lowest BCUT2D eigenvalue weighted by atomic mass is 10.1. The van der Waals surface area contributed by atoms with Crippen molar-refractivity contribution in [3.63, 3.8) is 0 Å². The largest absolute Gasteiger partial charge is 0.416 e. The number of anilines is 1. The highest BCUT2D eigenvalue weighted by Gasteiger charge is 2.51. The van der Waals surface area contributed by atoms with Crippen LogP contribution in [0.1, 0.15) is 22.3 Å². The third-order valence-corrected chi connectivity index (χ3v) is 5.83. The molecule has 4 rings (SSSR count). The van der Waals surface area contributed by atoms with Crippen molar-refractivity contribution in [1.82, 2.24) is 9.80 Å². The molecular formula is C21H17ClF3N3O3. The summed E-state index contributed by atoms with van der Waals surface area (Å²) < 4.78 is 38.9. The Kier molecular flexibility index (Phi) is 5.38. The molecule has 3 amide bonds. The first-order valence-corrected chi connectivity index (χ1v) is 9.87. The van der Waals surface area contributed by atoms with Gasteiger partial charge in [0.1, 0.15) is 6.04 Å². The monoisotopic (exact) mass is 451 g/mol. The molecule has 2 saturated heterocycles. The third kappa shape index (κ3) is 3.97. The molecule has 2 aromatic carbocycles. The molecular weight excluding hydrogens is 435 g/mol. The molecule has 2 atom stereocenters. The number of benzene rings is 2. The zero-order valence-electron chi connectivity index (χ0n) is 16.0. The average Bonchev–Trinajstić information content (AvgIpc) is 3.30. The maximum atomic E-state index is 13.0. The maximum absolute atomic E-state index is 13.0. The number of nitrogens with zero attached hydrogens (tertiary/aromatic N) is 2. The standard InChI is InChI=1S/C21H17ClF3N3O3/c22-14-7-6-13(21(23,24)25)10-15(14)26-20(31)27-9-8-16-18(27)17(29)11-28(16)19(30)12-4-2-1-3-5-12/h1-7,10,16,18H,8-9,11H2,(H,26,31)/t16-,18+/m1/s1. The topological polar surface area (TPSA) is 69.7 Å². The summed E-state index contributed by atoms with van der Waals surface area (Å²) in [4.78, 5) is 40.9. The predicted octanol–water partition coefficient (Wildman–Crippen LogP) is 4.06. The summed E-state index contributed by atoms with van der Waals surface area (Å²) in [5.41, 5.74) is -0.717. The van der Waals surface area contributed by atoms with Crippen LogP contribution in [0.2, 0.25) is 5.02 Å². The van der Waals surface area contributed by atoms with Gasteiger partial charge < -0.3 is 15.1 Å². The molecule has 31 heavy (non-hydrogen) atoms. The van der Waals surface area contributed by atoms with Crippen LogP contribution in [0, 0.1) is 0 Å². The number of fused-ring (bicyclic) bond motifs is 1. The Bertz CT molecular complexity index is 1050. The van der Waals surface area contributed by atoms with Gasteiger partial charge in [-0.3, -0.25) is 9.59 Å². The molecule has 0 spiro atoms. The molecule has 2 aliphatic rings. The zero-order chi connectivity index (χ0) is 22.3. The highest BCUT2D eigenvalue weighted by molar-refractivity contribution is 6.33. The molecule has 2 aromatic rings. The number of alkyl halides is 3. The molecule has 10 heteroatoms. The molecule has 0 bridgehead atoms. The van der Waals surface area contributed by atoms with Gasteiger partial charge in [0, 0.05) is 12.1 Å². The van der Waals surface area contributed by atoms with Crippen LogP contribution in [0.4, 0.5) is 23.7 Å². The molecule has 0 aromatic heterocycles. The Morgan fingerprint density at radius 1 is 1.06 bits per heavy atom. The Balaban J connectivity index is 1.52. The van der Waals surface area contributed by atoms with Gasteiger partial charge in [-0.15, -0.1) is 0 Å². The number of urea groups is 1. The van der Waals surface area contributed by atoms with Gasteiger partial charge in [0.25, 0.3) is 5.91 Å².